The van der Waals surface area contributed by atoms with Crippen molar-refractivity contribution in [2.45, 2.75) is 122 Å². The molecule has 0 aromatic heterocycles. The lowest BCUT2D eigenvalue weighted by molar-refractivity contribution is -0.114. The van der Waals surface area contributed by atoms with Crippen molar-refractivity contribution >= 4 is 16.8 Å². The Bertz CT molecular complexity index is 779. The first-order chi connectivity index (χ1) is 16.7. The molecule has 1 aromatic rings. The molecule has 198 valence electrons. The number of rotatable bonds is 18. The molecule has 1 rings (SSSR count). The Labute approximate surface area is 216 Å². The van der Waals surface area contributed by atoms with E-state index in [0.29, 0.717) is 6.61 Å². The van der Waals surface area contributed by atoms with Gasteiger partial charge in [0.15, 0.2) is 0 Å². The molecular formula is C29H47NO4S. The molecule has 6 heteroatoms. The smallest absolute Gasteiger partial charge is 0.205 e. The van der Waals surface area contributed by atoms with Gasteiger partial charge in [0.25, 0.3) is 0 Å². The van der Waals surface area contributed by atoms with Gasteiger partial charge in [0.05, 0.1) is 41.1 Å². The molecule has 0 bridgehead atoms. The molecular weight excluding hydrogens is 458 g/mol. The standard InChI is InChI=1S/C29H47NO4S/c1-5-6-7-8-9-10-11-12-13-17-20-26(31)21-22-28(32)27(30-35(33)29(2,3)4)24-34-23-25-18-15-14-16-19-25/h14-16,18-19,27-28,30,32H,5-13,21-24H2,1-4H3/t27-,28+,35+/m0/s1. The van der Waals surface area contributed by atoms with E-state index in [1.165, 1.54) is 38.5 Å². The predicted molar refractivity (Wildman–Crippen MR) is 146 cm³/mol. The second-order valence-electron chi connectivity index (χ2n) is 10.2. The average Bonchev–Trinajstić information content (AvgIpc) is 2.83. The van der Waals surface area contributed by atoms with Crippen LogP contribution in [-0.4, -0.2) is 38.6 Å². The molecule has 0 saturated carbocycles. The Morgan fingerprint density at radius 1 is 1.06 bits per heavy atom. The first-order valence-electron chi connectivity index (χ1n) is 13.2. The lowest BCUT2D eigenvalue weighted by Gasteiger charge is -2.27. The molecule has 0 spiro atoms. The third-order valence-electron chi connectivity index (χ3n) is 5.74. The maximum atomic E-state index is 12.6. The van der Waals surface area contributed by atoms with Crippen LogP contribution < -0.4 is 4.72 Å². The van der Waals surface area contributed by atoms with Gasteiger partial charge in [-0.05, 0) is 45.1 Å². The third kappa shape index (κ3) is 16.0. The number of unbranched alkanes of at least 4 members (excludes halogenated alkanes) is 8. The zero-order valence-electron chi connectivity index (χ0n) is 22.3. The topological polar surface area (TPSA) is 75.6 Å². The van der Waals surface area contributed by atoms with Crippen LogP contribution in [0.15, 0.2) is 30.3 Å². The van der Waals surface area contributed by atoms with Crippen molar-refractivity contribution in [3.63, 3.8) is 0 Å². The van der Waals surface area contributed by atoms with E-state index in [1.807, 2.05) is 51.1 Å². The second-order valence-corrected chi connectivity index (χ2v) is 12.2. The molecule has 3 atom stereocenters. The Kier molecular flexibility index (Phi) is 16.8. The summed E-state index contributed by atoms with van der Waals surface area (Å²) < 4.78 is 20.9. The summed E-state index contributed by atoms with van der Waals surface area (Å²) in [5, 5.41) is 10.7. The second kappa shape index (κ2) is 18.7. The summed E-state index contributed by atoms with van der Waals surface area (Å²) in [5.74, 6) is 5.54. The Hall–Kier alpha value is -1.52. The van der Waals surface area contributed by atoms with E-state index in [1.54, 1.807) is 0 Å². The Balaban J connectivity index is 2.41. The van der Waals surface area contributed by atoms with Gasteiger partial charge in [0.2, 0.25) is 5.78 Å². The molecule has 0 amide bonds. The van der Waals surface area contributed by atoms with Crippen molar-refractivity contribution < 1.29 is 18.8 Å². The summed E-state index contributed by atoms with van der Waals surface area (Å²) in [7, 11) is -1.37. The number of aliphatic hydroxyl groups excluding tert-OH is 1. The van der Waals surface area contributed by atoms with Crippen LogP contribution in [0.5, 0.6) is 0 Å². The Morgan fingerprint density at radius 3 is 2.31 bits per heavy atom. The number of hydrogen-bond donors (Lipinski definition) is 2. The van der Waals surface area contributed by atoms with Gasteiger partial charge in [-0.2, -0.15) is 0 Å². The van der Waals surface area contributed by atoms with Gasteiger partial charge >= 0.3 is 0 Å². The van der Waals surface area contributed by atoms with Gasteiger partial charge in [-0.25, -0.2) is 8.93 Å². The number of aliphatic hydroxyl groups is 1. The minimum Gasteiger partial charge on any atom is -0.391 e. The van der Waals surface area contributed by atoms with Crippen molar-refractivity contribution in [2.75, 3.05) is 6.61 Å². The van der Waals surface area contributed by atoms with Crippen LogP contribution in [0, 0.1) is 11.8 Å². The fraction of sp³-hybridized carbons (Fsp3) is 0.690. The summed E-state index contributed by atoms with van der Waals surface area (Å²) in [6, 6.07) is 9.23. The van der Waals surface area contributed by atoms with Crippen molar-refractivity contribution in [2.24, 2.45) is 0 Å². The van der Waals surface area contributed by atoms with Crippen LogP contribution >= 0.6 is 0 Å². The number of nitrogens with one attached hydrogen (secondary N) is 1. The van der Waals surface area contributed by atoms with Crippen LogP contribution in [-0.2, 0) is 27.1 Å². The summed E-state index contributed by atoms with van der Waals surface area (Å²) >= 11 is 0. The lowest BCUT2D eigenvalue weighted by atomic mass is 10.1. The van der Waals surface area contributed by atoms with E-state index >= 15 is 0 Å². The van der Waals surface area contributed by atoms with E-state index in [-0.39, 0.29) is 25.2 Å². The summed E-state index contributed by atoms with van der Waals surface area (Å²) in [5.41, 5.74) is 1.03. The number of carbonyl (C=O) groups is 1. The first-order valence-corrected chi connectivity index (χ1v) is 14.4. The van der Waals surface area contributed by atoms with Gasteiger partial charge in [-0.3, -0.25) is 4.79 Å². The van der Waals surface area contributed by atoms with Crippen molar-refractivity contribution in [3.8, 4) is 11.8 Å². The molecule has 0 aliphatic carbocycles. The van der Waals surface area contributed by atoms with Crippen LogP contribution in [0.1, 0.15) is 104 Å². The summed E-state index contributed by atoms with van der Waals surface area (Å²) in [6.07, 6.45) is 10.3. The van der Waals surface area contributed by atoms with Crippen LogP contribution in [0.4, 0.5) is 0 Å². The molecule has 0 aliphatic rings. The van der Waals surface area contributed by atoms with Crippen molar-refractivity contribution in [1.82, 2.24) is 4.72 Å². The van der Waals surface area contributed by atoms with Gasteiger partial charge in [0.1, 0.15) is 0 Å². The molecule has 0 unspecified atom stereocenters. The lowest BCUT2D eigenvalue weighted by Crippen LogP contribution is -2.48. The highest BCUT2D eigenvalue weighted by Gasteiger charge is 2.27. The predicted octanol–water partition coefficient (Wildman–Crippen LogP) is 5.87. The zero-order chi connectivity index (χ0) is 25.9. The van der Waals surface area contributed by atoms with Crippen molar-refractivity contribution in [3.05, 3.63) is 35.9 Å². The van der Waals surface area contributed by atoms with Crippen molar-refractivity contribution in [1.29, 1.82) is 0 Å². The molecule has 0 aliphatic heterocycles. The molecule has 1 aromatic carbocycles. The molecule has 2 N–H and O–H groups in total. The third-order valence-corrected chi connectivity index (χ3v) is 7.37. The van der Waals surface area contributed by atoms with Gasteiger partial charge in [-0.1, -0.05) is 88.1 Å². The van der Waals surface area contributed by atoms with Gasteiger partial charge < -0.3 is 9.84 Å². The average molecular weight is 506 g/mol. The molecule has 0 heterocycles. The van der Waals surface area contributed by atoms with E-state index < -0.39 is 27.9 Å². The normalized spacial score (nSPS) is 14.1. The molecule has 5 nitrogen and oxygen atoms in total. The number of hydrogen-bond acceptors (Lipinski definition) is 4. The highest BCUT2D eigenvalue weighted by molar-refractivity contribution is 7.84. The van der Waals surface area contributed by atoms with Crippen LogP contribution in [0.3, 0.4) is 0 Å². The Morgan fingerprint density at radius 2 is 1.69 bits per heavy atom. The number of ether oxygens (including phenoxy) is 1. The highest BCUT2D eigenvalue weighted by atomic mass is 32.2. The fourth-order valence-corrected chi connectivity index (χ4v) is 4.32. The SMILES string of the molecule is CCCCCCCCCCC#CC(=O)CC[C@@H](O)[C@H](COCc1ccccc1)N[S@](=O)C(C)(C)C. The minimum atomic E-state index is -1.37. The first kappa shape index (κ1) is 31.5. The quantitative estimate of drug-likeness (QED) is 0.149. The van der Waals surface area contributed by atoms with E-state index in [9.17, 15) is 14.1 Å². The number of carbonyl (C=O) groups excluding carboxylic acids is 1. The molecule has 0 radical (unpaired) electrons. The van der Waals surface area contributed by atoms with E-state index in [4.69, 9.17) is 4.74 Å². The maximum Gasteiger partial charge on any atom is 0.205 e. The van der Waals surface area contributed by atoms with Gasteiger partial charge in [0, 0.05) is 12.8 Å². The zero-order valence-corrected chi connectivity index (χ0v) is 23.1. The highest BCUT2D eigenvalue weighted by Crippen LogP contribution is 2.13. The monoisotopic (exact) mass is 505 g/mol. The van der Waals surface area contributed by atoms with Crippen LogP contribution in [0.25, 0.3) is 0 Å². The number of benzene rings is 1. The maximum absolute atomic E-state index is 12.6. The molecule has 35 heavy (non-hydrogen) atoms. The molecule has 0 fully saturated rings. The number of Topliss-reactive ketones (excluding diaryl/α,β-unsaturated/α-hetero) is 1. The van der Waals surface area contributed by atoms with E-state index in [2.05, 4.69) is 23.5 Å². The fourth-order valence-electron chi connectivity index (χ4n) is 3.47. The largest absolute Gasteiger partial charge is 0.391 e. The number of ketones is 1. The molecule has 0 saturated heterocycles. The van der Waals surface area contributed by atoms with E-state index in [0.717, 1.165) is 24.8 Å². The van der Waals surface area contributed by atoms with Crippen LogP contribution in [0.2, 0.25) is 0 Å². The summed E-state index contributed by atoms with van der Waals surface area (Å²) in [4.78, 5) is 12.2. The summed E-state index contributed by atoms with van der Waals surface area (Å²) in [6.45, 7) is 8.43. The minimum absolute atomic E-state index is 0.162. The van der Waals surface area contributed by atoms with Gasteiger partial charge in [-0.15, -0.1) is 0 Å².